The average Bonchev–Trinajstić information content (AvgIpc) is 3.15. The van der Waals surface area contributed by atoms with E-state index in [2.05, 4.69) is 40.0 Å². The number of aromatic nitrogens is 2. The summed E-state index contributed by atoms with van der Waals surface area (Å²) in [5.41, 5.74) is 2.24. The highest BCUT2D eigenvalue weighted by molar-refractivity contribution is 5.93. The Morgan fingerprint density at radius 3 is 1.96 bits per heavy atom. The van der Waals surface area contributed by atoms with Gasteiger partial charge in [0.05, 0.1) is 18.3 Å². The zero-order chi connectivity index (χ0) is 19.2. The van der Waals surface area contributed by atoms with E-state index < -0.39 is 0 Å². The minimum Gasteiger partial charge on any atom is -0.310 e. The molecule has 0 aliphatic carbocycles. The summed E-state index contributed by atoms with van der Waals surface area (Å²) in [6.07, 6.45) is 1.70. The number of nitrogens with zero attached hydrogens (tertiary/aromatic N) is 2. The molecule has 27 heavy (non-hydrogen) atoms. The Kier molecular flexibility index (Phi) is 6.04. The van der Waals surface area contributed by atoms with Gasteiger partial charge in [-0.05, 0) is 31.9 Å². The number of benzene rings is 2. The smallest absolute Gasteiger partial charge is 0.242 e. The van der Waals surface area contributed by atoms with Crippen molar-refractivity contribution in [3.05, 3.63) is 84.1 Å². The van der Waals surface area contributed by atoms with Gasteiger partial charge in [0.15, 0.2) is 0 Å². The summed E-state index contributed by atoms with van der Waals surface area (Å²) >= 11 is 0. The third-order valence-electron chi connectivity index (χ3n) is 4.49. The molecule has 5 nitrogen and oxygen atoms in total. The van der Waals surface area contributed by atoms with Crippen molar-refractivity contribution in [3.8, 4) is 0 Å². The van der Waals surface area contributed by atoms with Gasteiger partial charge in [-0.25, -0.2) is 4.68 Å². The van der Waals surface area contributed by atoms with Crippen molar-refractivity contribution in [1.29, 1.82) is 0 Å². The van der Waals surface area contributed by atoms with Gasteiger partial charge in [0, 0.05) is 12.1 Å². The number of amides is 1. The first-order valence-corrected chi connectivity index (χ1v) is 9.26. The summed E-state index contributed by atoms with van der Waals surface area (Å²) in [5, 5.41) is 10.7. The lowest BCUT2D eigenvalue weighted by Gasteiger charge is -2.24. The Morgan fingerprint density at radius 2 is 1.44 bits per heavy atom. The number of nitrogens with one attached hydrogen (secondary N) is 2. The van der Waals surface area contributed by atoms with Gasteiger partial charge < -0.3 is 5.32 Å². The molecular weight excluding hydrogens is 336 g/mol. The number of rotatable bonds is 7. The van der Waals surface area contributed by atoms with Crippen LogP contribution in [0.4, 0.5) is 5.82 Å². The molecule has 1 amide bonds. The van der Waals surface area contributed by atoms with Crippen LogP contribution in [0.2, 0.25) is 0 Å². The lowest BCUT2D eigenvalue weighted by molar-refractivity contribution is -0.117. The molecular formula is C22H26N4O. The number of hydrogen-bond acceptors (Lipinski definition) is 3. The molecule has 0 saturated heterocycles. The van der Waals surface area contributed by atoms with E-state index in [-0.39, 0.29) is 24.0 Å². The van der Waals surface area contributed by atoms with Crippen molar-refractivity contribution in [2.24, 2.45) is 0 Å². The fourth-order valence-corrected chi connectivity index (χ4v) is 3.06. The number of anilines is 1. The molecule has 3 rings (SSSR count). The fraction of sp³-hybridized carbons (Fsp3) is 0.273. The molecule has 2 N–H and O–H groups in total. The third-order valence-corrected chi connectivity index (χ3v) is 4.49. The van der Waals surface area contributed by atoms with Gasteiger partial charge in [-0.2, -0.15) is 5.10 Å². The predicted molar refractivity (Wildman–Crippen MR) is 109 cm³/mol. The first-order valence-electron chi connectivity index (χ1n) is 9.26. The lowest BCUT2D eigenvalue weighted by Crippen LogP contribution is -2.41. The maximum atomic E-state index is 12.8. The van der Waals surface area contributed by atoms with Crippen LogP contribution in [0.1, 0.15) is 44.0 Å². The Balaban J connectivity index is 1.77. The van der Waals surface area contributed by atoms with Gasteiger partial charge in [0.25, 0.3) is 0 Å². The Hall–Kier alpha value is -2.92. The van der Waals surface area contributed by atoms with E-state index in [4.69, 9.17) is 0 Å². The topological polar surface area (TPSA) is 59.0 Å². The van der Waals surface area contributed by atoms with Crippen LogP contribution in [0.25, 0.3) is 0 Å². The maximum absolute atomic E-state index is 12.8. The molecule has 1 aromatic heterocycles. The van der Waals surface area contributed by atoms with Gasteiger partial charge >= 0.3 is 0 Å². The molecule has 0 spiro atoms. The number of hydrogen-bond donors (Lipinski definition) is 2. The van der Waals surface area contributed by atoms with Crippen LogP contribution in [-0.4, -0.2) is 21.7 Å². The van der Waals surface area contributed by atoms with E-state index in [1.807, 2.05) is 63.2 Å². The van der Waals surface area contributed by atoms with E-state index in [1.165, 1.54) is 0 Å². The Morgan fingerprint density at radius 1 is 0.889 bits per heavy atom. The van der Waals surface area contributed by atoms with Crippen LogP contribution in [0.15, 0.2) is 72.9 Å². The van der Waals surface area contributed by atoms with Crippen LogP contribution in [0.5, 0.6) is 0 Å². The zero-order valence-corrected chi connectivity index (χ0v) is 16.0. The summed E-state index contributed by atoms with van der Waals surface area (Å²) in [5.74, 6) is 0.619. The normalized spacial score (nSPS) is 12.3. The molecule has 0 radical (unpaired) electrons. The van der Waals surface area contributed by atoms with Gasteiger partial charge in [-0.3, -0.25) is 10.1 Å². The molecule has 3 aromatic rings. The van der Waals surface area contributed by atoms with Gasteiger partial charge in [0.2, 0.25) is 5.91 Å². The van der Waals surface area contributed by atoms with Crippen molar-refractivity contribution in [2.75, 3.05) is 5.32 Å². The largest absolute Gasteiger partial charge is 0.310 e. The quantitative estimate of drug-likeness (QED) is 0.663. The van der Waals surface area contributed by atoms with Crippen LogP contribution < -0.4 is 10.6 Å². The summed E-state index contributed by atoms with van der Waals surface area (Å²) < 4.78 is 1.80. The van der Waals surface area contributed by atoms with Gasteiger partial charge in [-0.1, -0.05) is 60.7 Å². The molecule has 5 heteroatoms. The van der Waals surface area contributed by atoms with Crippen molar-refractivity contribution >= 4 is 11.7 Å². The van der Waals surface area contributed by atoms with E-state index in [0.717, 1.165) is 11.1 Å². The van der Waals surface area contributed by atoms with Crippen molar-refractivity contribution in [3.63, 3.8) is 0 Å². The SMILES string of the molecule is CC(C)n1nccc1NC(=O)[C@@H](C)NC(c1ccccc1)c1ccccc1. The monoisotopic (exact) mass is 362 g/mol. The highest BCUT2D eigenvalue weighted by Gasteiger charge is 2.21. The predicted octanol–water partition coefficient (Wildman–Crippen LogP) is 4.17. The summed E-state index contributed by atoms with van der Waals surface area (Å²) in [4.78, 5) is 12.8. The lowest BCUT2D eigenvalue weighted by atomic mass is 9.98. The minimum atomic E-state index is -0.383. The van der Waals surface area contributed by atoms with Crippen molar-refractivity contribution in [2.45, 2.75) is 38.9 Å². The molecule has 0 saturated carbocycles. The second kappa shape index (κ2) is 8.64. The van der Waals surface area contributed by atoms with Crippen LogP contribution in [0, 0.1) is 0 Å². The fourth-order valence-electron chi connectivity index (χ4n) is 3.06. The highest BCUT2D eigenvalue weighted by atomic mass is 16.2. The average molecular weight is 362 g/mol. The highest BCUT2D eigenvalue weighted by Crippen LogP contribution is 2.22. The standard InChI is InChI=1S/C22H26N4O/c1-16(2)26-20(14-15-23-26)25-22(27)17(3)24-21(18-10-6-4-7-11-18)19-12-8-5-9-13-19/h4-17,21,24H,1-3H3,(H,25,27)/t17-/m1/s1. The summed E-state index contributed by atoms with van der Waals surface area (Å²) in [6, 6.07) is 21.9. The first-order chi connectivity index (χ1) is 13.1. The molecule has 1 atom stereocenters. The van der Waals surface area contributed by atoms with Gasteiger partial charge in [0.1, 0.15) is 5.82 Å². The number of carbonyl (C=O) groups is 1. The molecule has 0 aliphatic rings. The van der Waals surface area contributed by atoms with E-state index in [0.29, 0.717) is 5.82 Å². The molecule has 140 valence electrons. The van der Waals surface area contributed by atoms with Crippen molar-refractivity contribution < 1.29 is 4.79 Å². The number of carbonyl (C=O) groups excluding carboxylic acids is 1. The van der Waals surface area contributed by atoms with Gasteiger partial charge in [-0.15, -0.1) is 0 Å². The molecule has 0 aliphatic heterocycles. The Labute approximate surface area is 160 Å². The first kappa shape index (κ1) is 18.9. The molecule has 1 heterocycles. The van der Waals surface area contributed by atoms with Crippen LogP contribution in [-0.2, 0) is 4.79 Å². The molecule has 0 unspecified atom stereocenters. The molecule has 2 aromatic carbocycles. The molecule has 0 bridgehead atoms. The van der Waals surface area contributed by atoms with E-state index >= 15 is 0 Å². The van der Waals surface area contributed by atoms with E-state index in [9.17, 15) is 4.79 Å². The summed E-state index contributed by atoms with van der Waals surface area (Å²) in [7, 11) is 0. The molecule has 0 fully saturated rings. The Bertz CT molecular complexity index is 819. The second-order valence-electron chi connectivity index (χ2n) is 6.89. The third kappa shape index (κ3) is 4.63. The maximum Gasteiger partial charge on any atom is 0.242 e. The summed E-state index contributed by atoms with van der Waals surface area (Å²) in [6.45, 7) is 5.95. The van der Waals surface area contributed by atoms with E-state index in [1.54, 1.807) is 10.9 Å². The minimum absolute atomic E-state index is 0.0665. The second-order valence-corrected chi connectivity index (χ2v) is 6.89. The zero-order valence-electron chi connectivity index (χ0n) is 16.0. The van der Waals surface area contributed by atoms with Crippen molar-refractivity contribution in [1.82, 2.24) is 15.1 Å². The van der Waals surface area contributed by atoms with Crippen LogP contribution in [0.3, 0.4) is 0 Å². The van der Waals surface area contributed by atoms with Crippen LogP contribution >= 0.6 is 0 Å².